The van der Waals surface area contributed by atoms with Gasteiger partial charge in [0.2, 0.25) is 0 Å². The van der Waals surface area contributed by atoms with E-state index in [9.17, 15) is 0 Å². The fourth-order valence-corrected chi connectivity index (χ4v) is 3.69. The minimum atomic E-state index is 0.359. The van der Waals surface area contributed by atoms with E-state index in [1.807, 2.05) is 0 Å². The van der Waals surface area contributed by atoms with Crippen LogP contribution in [0.2, 0.25) is 0 Å². The highest BCUT2D eigenvalue weighted by Gasteiger charge is 2.37. The summed E-state index contributed by atoms with van der Waals surface area (Å²) in [4.78, 5) is 2.57. The fraction of sp³-hybridized carbons (Fsp3) is 0.368. The lowest BCUT2D eigenvalue weighted by molar-refractivity contribution is 0.113. The van der Waals surface area contributed by atoms with Crippen molar-refractivity contribution in [1.29, 1.82) is 0 Å². The topological polar surface area (TPSA) is 12.5 Å². The van der Waals surface area contributed by atoms with Gasteiger partial charge in [0.05, 0.1) is 11.7 Å². The van der Waals surface area contributed by atoms with E-state index in [-0.39, 0.29) is 0 Å². The molecule has 1 aliphatic carbocycles. The highest BCUT2D eigenvalue weighted by molar-refractivity contribution is 5.61. The molecule has 21 heavy (non-hydrogen) atoms. The van der Waals surface area contributed by atoms with Gasteiger partial charge in [-0.15, -0.1) is 0 Å². The van der Waals surface area contributed by atoms with Crippen LogP contribution in [-0.4, -0.2) is 12.1 Å². The largest absolute Gasteiger partial charge is 0.486 e. The molecule has 108 valence electrons. The van der Waals surface area contributed by atoms with Crippen molar-refractivity contribution in [1.82, 2.24) is 0 Å². The molecule has 0 spiro atoms. The van der Waals surface area contributed by atoms with Crippen molar-refractivity contribution in [2.45, 2.75) is 44.4 Å². The Balaban J connectivity index is 1.71. The molecule has 2 atom stereocenters. The summed E-state index contributed by atoms with van der Waals surface area (Å²) in [5.41, 5.74) is 2.63. The normalized spacial score (nSPS) is 23.9. The third-order valence-electron chi connectivity index (χ3n) is 4.72. The first-order valence-electron chi connectivity index (χ1n) is 7.98. The van der Waals surface area contributed by atoms with Crippen molar-refractivity contribution < 1.29 is 4.74 Å². The van der Waals surface area contributed by atoms with E-state index in [0.717, 1.165) is 12.3 Å². The summed E-state index contributed by atoms with van der Waals surface area (Å²) in [6, 6.07) is 19.8. The number of hydrogen-bond acceptors (Lipinski definition) is 2. The van der Waals surface area contributed by atoms with Gasteiger partial charge in [0.15, 0.2) is 0 Å². The molecule has 2 aliphatic rings. The van der Waals surface area contributed by atoms with Crippen molar-refractivity contribution in [3.05, 3.63) is 60.2 Å². The molecular formula is C19H21NO. The molecule has 2 aromatic carbocycles. The molecule has 0 bridgehead atoms. The molecule has 4 rings (SSSR count). The Morgan fingerprint density at radius 2 is 1.67 bits per heavy atom. The minimum Gasteiger partial charge on any atom is -0.486 e. The zero-order valence-corrected chi connectivity index (χ0v) is 12.2. The Hall–Kier alpha value is -1.96. The molecule has 1 aliphatic heterocycles. The van der Waals surface area contributed by atoms with Gasteiger partial charge >= 0.3 is 0 Å². The number of anilines is 1. The van der Waals surface area contributed by atoms with Crippen LogP contribution in [0, 0.1) is 0 Å². The van der Waals surface area contributed by atoms with E-state index in [1.54, 1.807) is 0 Å². The van der Waals surface area contributed by atoms with Gasteiger partial charge in [0.1, 0.15) is 11.9 Å². The van der Waals surface area contributed by atoms with Gasteiger partial charge in [-0.2, -0.15) is 0 Å². The lowest BCUT2D eigenvalue weighted by atomic mass is 9.89. The summed E-state index contributed by atoms with van der Waals surface area (Å²) >= 11 is 0. The number of benzene rings is 2. The van der Waals surface area contributed by atoms with E-state index < -0.39 is 0 Å². The summed E-state index contributed by atoms with van der Waals surface area (Å²) in [5, 5.41) is 0. The average molecular weight is 279 g/mol. The van der Waals surface area contributed by atoms with Gasteiger partial charge in [0.25, 0.3) is 0 Å². The molecule has 0 unspecified atom stereocenters. The van der Waals surface area contributed by atoms with Crippen LogP contribution in [-0.2, 0) is 6.54 Å². The van der Waals surface area contributed by atoms with Gasteiger partial charge in [-0.3, -0.25) is 0 Å². The second-order valence-corrected chi connectivity index (χ2v) is 6.09. The zero-order valence-electron chi connectivity index (χ0n) is 12.2. The first-order valence-corrected chi connectivity index (χ1v) is 7.98. The predicted octanol–water partition coefficient (Wildman–Crippen LogP) is 4.40. The Kier molecular flexibility index (Phi) is 3.30. The first-order chi connectivity index (χ1) is 10.4. The van der Waals surface area contributed by atoms with Crippen molar-refractivity contribution in [2.24, 2.45) is 0 Å². The smallest absolute Gasteiger partial charge is 0.143 e. The molecular weight excluding hydrogens is 258 g/mol. The molecule has 1 fully saturated rings. The monoisotopic (exact) mass is 279 g/mol. The summed E-state index contributed by atoms with van der Waals surface area (Å²) in [7, 11) is 0. The second kappa shape index (κ2) is 5.44. The Bertz CT molecular complexity index is 610. The van der Waals surface area contributed by atoms with Crippen LogP contribution in [0.5, 0.6) is 5.75 Å². The van der Waals surface area contributed by atoms with Crippen molar-refractivity contribution in [3.63, 3.8) is 0 Å². The van der Waals surface area contributed by atoms with Gasteiger partial charge < -0.3 is 9.64 Å². The van der Waals surface area contributed by atoms with Gasteiger partial charge in [-0.1, -0.05) is 48.9 Å². The summed E-state index contributed by atoms with van der Waals surface area (Å²) in [5.74, 6) is 1.05. The maximum atomic E-state index is 6.26. The van der Waals surface area contributed by atoms with Crippen LogP contribution in [0.15, 0.2) is 54.6 Å². The zero-order chi connectivity index (χ0) is 14.1. The number of hydrogen-bond donors (Lipinski definition) is 0. The number of para-hydroxylation sites is 2. The van der Waals surface area contributed by atoms with E-state index in [0.29, 0.717) is 12.1 Å². The van der Waals surface area contributed by atoms with E-state index in [2.05, 4.69) is 59.5 Å². The fourth-order valence-electron chi connectivity index (χ4n) is 3.69. The number of ether oxygens (including phenoxy) is 1. The van der Waals surface area contributed by atoms with Crippen LogP contribution in [0.4, 0.5) is 5.69 Å². The van der Waals surface area contributed by atoms with Gasteiger partial charge in [-0.25, -0.2) is 0 Å². The molecule has 0 saturated heterocycles. The molecule has 1 saturated carbocycles. The van der Waals surface area contributed by atoms with E-state index in [4.69, 9.17) is 4.74 Å². The predicted molar refractivity (Wildman–Crippen MR) is 85.7 cm³/mol. The Morgan fingerprint density at radius 1 is 0.905 bits per heavy atom. The number of fused-ring (bicyclic) bond motifs is 2. The lowest BCUT2D eigenvalue weighted by Crippen LogP contribution is -2.50. The van der Waals surface area contributed by atoms with E-state index >= 15 is 0 Å². The van der Waals surface area contributed by atoms with Crippen LogP contribution >= 0.6 is 0 Å². The van der Waals surface area contributed by atoms with Crippen LogP contribution < -0.4 is 9.64 Å². The van der Waals surface area contributed by atoms with Crippen LogP contribution in [0.1, 0.15) is 31.2 Å². The third kappa shape index (κ3) is 2.39. The quantitative estimate of drug-likeness (QED) is 0.808. The molecule has 1 heterocycles. The molecule has 2 aromatic rings. The van der Waals surface area contributed by atoms with Gasteiger partial charge in [-0.05, 0) is 37.0 Å². The maximum Gasteiger partial charge on any atom is 0.143 e. The average Bonchev–Trinajstić information content (AvgIpc) is 2.55. The highest BCUT2D eigenvalue weighted by Crippen LogP contribution is 2.41. The number of nitrogens with zero attached hydrogens (tertiary/aromatic N) is 1. The molecule has 2 heteroatoms. The van der Waals surface area contributed by atoms with Crippen LogP contribution in [0.25, 0.3) is 0 Å². The SMILES string of the molecule is c1ccc(CN2c3ccccc3O[C@@H]3CCCC[C@@H]32)cc1. The Labute approximate surface area is 126 Å². The van der Waals surface area contributed by atoms with E-state index in [1.165, 1.54) is 36.9 Å². The summed E-state index contributed by atoms with van der Waals surface area (Å²) in [6.07, 6.45) is 5.40. The highest BCUT2D eigenvalue weighted by atomic mass is 16.5. The molecule has 0 N–H and O–H groups in total. The lowest BCUT2D eigenvalue weighted by Gasteiger charge is -2.46. The van der Waals surface area contributed by atoms with Crippen molar-refractivity contribution in [2.75, 3.05) is 4.90 Å². The first kappa shape index (κ1) is 12.8. The summed E-state index contributed by atoms with van der Waals surface area (Å²) in [6.45, 7) is 0.975. The number of rotatable bonds is 2. The third-order valence-corrected chi connectivity index (χ3v) is 4.72. The van der Waals surface area contributed by atoms with Crippen LogP contribution in [0.3, 0.4) is 0 Å². The molecule has 0 amide bonds. The minimum absolute atomic E-state index is 0.359. The van der Waals surface area contributed by atoms with Gasteiger partial charge in [0, 0.05) is 6.54 Å². The molecule has 0 radical (unpaired) electrons. The Morgan fingerprint density at radius 3 is 2.57 bits per heavy atom. The molecule has 2 nitrogen and oxygen atoms in total. The summed E-state index contributed by atoms with van der Waals surface area (Å²) < 4.78 is 6.26. The van der Waals surface area contributed by atoms with Crippen molar-refractivity contribution >= 4 is 5.69 Å². The van der Waals surface area contributed by atoms with Crippen molar-refractivity contribution in [3.8, 4) is 5.75 Å². The maximum absolute atomic E-state index is 6.26. The molecule has 0 aromatic heterocycles. The standard InChI is InChI=1S/C19H21NO/c1-2-8-15(9-3-1)14-20-16-10-4-6-12-18(16)21-19-13-7-5-11-17(19)20/h1-4,6,8-10,12,17,19H,5,7,11,13-14H2/t17-,19+/m0/s1. The second-order valence-electron chi connectivity index (χ2n) is 6.09.